The molecule has 0 heterocycles. The van der Waals surface area contributed by atoms with Crippen molar-refractivity contribution in [2.45, 2.75) is 33.6 Å². The van der Waals surface area contributed by atoms with Gasteiger partial charge in [-0.2, -0.15) is 0 Å². The molecule has 1 rings (SSSR count). The summed E-state index contributed by atoms with van der Waals surface area (Å²) in [4.78, 5) is 24.0. The van der Waals surface area contributed by atoms with Crippen molar-refractivity contribution in [3.63, 3.8) is 0 Å². The van der Waals surface area contributed by atoms with E-state index in [2.05, 4.69) is 6.58 Å². The highest BCUT2D eigenvalue weighted by atomic mass is 19.1. The molecule has 1 aromatic rings. The Morgan fingerprint density at radius 1 is 1.08 bits per heavy atom. The van der Waals surface area contributed by atoms with Crippen LogP contribution in [0.3, 0.4) is 0 Å². The van der Waals surface area contributed by atoms with Crippen molar-refractivity contribution in [2.75, 3.05) is 13.2 Å². The third-order valence-corrected chi connectivity index (χ3v) is 3.77. The van der Waals surface area contributed by atoms with E-state index in [1.165, 1.54) is 12.1 Å². The molecule has 0 radical (unpaired) electrons. The Bertz CT molecular complexity index is 547. The van der Waals surface area contributed by atoms with Crippen LogP contribution in [-0.4, -0.2) is 25.2 Å². The minimum Gasteiger partial charge on any atom is -0.465 e. The molecule has 0 saturated heterocycles. The molecule has 0 spiro atoms. The van der Waals surface area contributed by atoms with Gasteiger partial charge in [0.1, 0.15) is 5.82 Å². The number of carbonyl (C=O) groups is 2. The van der Waals surface area contributed by atoms with E-state index in [0.29, 0.717) is 6.42 Å². The van der Waals surface area contributed by atoms with E-state index in [0.717, 1.165) is 11.1 Å². The van der Waals surface area contributed by atoms with Gasteiger partial charge in [-0.25, -0.2) is 4.39 Å². The lowest BCUT2D eigenvalue weighted by molar-refractivity contribution is -0.162. The van der Waals surface area contributed by atoms with Crippen LogP contribution < -0.4 is 0 Å². The second-order valence-corrected chi connectivity index (χ2v) is 5.65. The fraction of sp³-hybridized carbons (Fsp3) is 0.474. The molecular weight excluding hydrogens is 311 g/mol. The van der Waals surface area contributed by atoms with Crippen LogP contribution in [0.15, 0.2) is 36.4 Å². The minimum atomic E-state index is -0.954. The van der Waals surface area contributed by atoms with Crippen LogP contribution in [0.5, 0.6) is 0 Å². The van der Waals surface area contributed by atoms with Gasteiger partial charge in [0, 0.05) is 0 Å². The first-order valence-electron chi connectivity index (χ1n) is 8.14. The summed E-state index contributed by atoms with van der Waals surface area (Å²) >= 11 is 0. The van der Waals surface area contributed by atoms with Crippen molar-refractivity contribution < 1.29 is 23.5 Å². The second kappa shape index (κ2) is 9.85. The lowest BCUT2D eigenvalue weighted by Gasteiger charge is -2.20. The maximum absolute atomic E-state index is 13.0. The molecule has 0 aliphatic heterocycles. The Kier molecular flexibility index (Phi) is 8.16. The number of benzene rings is 1. The maximum atomic E-state index is 13.0. The number of carbonyl (C=O) groups excluding carboxylic acids is 2. The predicted octanol–water partition coefficient (Wildman–Crippen LogP) is 3.69. The third kappa shape index (κ3) is 6.14. The number of hydrogen-bond acceptors (Lipinski definition) is 4. The van der Waals surface area contributed by atoms with E-state index >= 15 is 0 Å². The van der Waals surface area contributed by atoms with E-state index in [1.807, 2.05) is 6.92 Å². The molecule has 1 aromatic carbocycles. The van der Waals surface area contributed by atoms with E-state index in [9.17, 15) is 14.0 Å². The molecule has 0 N–H and O–H groups in total. The lowest BCUT2D eigenvalue weighted by Crippen LogP contribution is -2.30. The van der Waals surface area contributed by atoms with Gasteiger partial charge in [0.25, 0.3) is 0 Å². The molecule has 1 atom stereocenters. The molecule has 132 valence electrons. The van der Waals surface area contributed by atoms with Crippen LogP contribution in [0, 0.1) is 17.7 Å². The summed E-state index contributed by atoms with van der Waals surface area (Å²) in [6.45, 7) is 9.74. The first-order chi connectivity index (χ1) is 11.4. The summed E-state index contributed by atoms with van der Waals surface area (Å²) in [7, 11) is 0. The number of hydrogen-bond donors (Lipinski definition) is 0. The van der Waals surface area contributed by atoms with Crippen LogP contribution in [0.2, 0.25) is 0 Å². The van der Waals surface area contributed by atoms with Gasteiger partial charge < -0.3 is 9.47 Å². The van der Waals surface area contributed by atoms with Crippen LogP contribution >= 0.6 is 0 Å². The zero-order valence-corrected chi connectivity index (χ0v) is 14.5. The van der Waals surface area contributed by atoms with Crippen molar-refractivity contribution in [1.82, 2.24) is 0 Å². The Morgan fingerprint density at radius 3 is 2.04 bits per heavy atom. The monoisotopic (exact) mass is 336 g/mol. The third-order valence-electron chi connectivity index (χ3n) is 3.77. The van der Waals surface area contributed by atoms with Crippen molar-refractivity contribution in [3.05, 3.63) is 47.8 Å². The smallest absolute Gasteiger partial charge is 0.320 e. The van der Waals surface area contributed by atoms with Crippen molar-refractivity contribution in [1.29, 1.82) is 0 Å². The summed E-state index contributed by atoms with van der Waals surface area (Å²) in [5.74, 6) is -2.48. The standard InChI is InChI=1S/C19H25FO4/c1-5-23-18(21)17(19(22)24-6-2)12-14(4)13(3)11-15-7-9-16(20)10-8-15/h7-10,14,17H,3,5-6,11-12H2,1-2,4H3. The fourth-order valence-corrected chi connectivity index (χ4v) is 2.33. The van der Waals surface area contributed by atoms with Crippen LogP contribution in [-0.2, 0) is 25.5 Å². The molecule has 1 unspecified atom stereocenters. The maximum Gasteiger partial charge on any atom is 0.320 e. The SMILES string of the molecule is C=C(Cc1ccc(F)cc1)C(C)CC(C(=O)OCC)C(=O)OCC. The molecular formula is C19H25FO4. The van der Waals surface area contributed by atoms with E-state index < -0.39 is 17.9 Å². The Balaban J connectivity index is 2.73. The number of esters is 2. The first kappa shape index (κ1) is 19.9. The number of halogens is 1. The molecule has 0 aliphatic carbocycles. The normalized spacial score (nSPS) is 11.9. The lowest BCUT2D eigenvalue weighted by atomic mass is 9.87. The zero-order chi connectivity index (χ0) is 18.1. The summed E-state index contributed by atoms with van der Waals surface area (Å²) in [6, 6.07) is 6.18. The Labute approximate surface area is 142 Å². The van der Waals surface area contributed by atoms with E-state index in [-0.39, 0.29) is 31.4 Å². The highest BCUT2D eigenvalue weighted by Gasteiger charge is 2.31. The van der Waals surface area contributed by atoms with Gasteiger partial charge in [0.05, 0.1) is 13.2 Å². The predicted molar refractivity (Wildman–Crippen MR) is 89.8 cm³/mol. The number of ether oxygens (including phenoxy) is 2. The topological polar surface area (TPSA) is 52.6 Å². The molecule has 0 saturated carbocycles. The molecule has 4 nitrogen and oxygen atoms in total. The average Bonchev–Trinajstić information content (AvgIpc) is 2.54. The largest absolute Gasteiger partial charge is 0.465 e. The van der Waals surface area contributed by atoms with Gasteiger partial charge in [-0.05, 0) is 50.3 Å². The molecule has 0 aromatic heterocycles. The number of allylic oxidation sites excluding steroid dienone is 1. The van der Waals surface area contributed by atoms with Crippen molar-refractivity contribution in [3.8, 4) is 0 Å². The molecule has 0 aliphatic rings. The van der Waals surface area contributed by atoms with Gasteiger partial charge in [-0.3, -0.25) is 9.59 Å². The van der Waals surface area contributed by atoms with Crippen molar-refractivity contribution in [2.24, 2.45) is 11.8 Å². The van der Waals surface area contributed by atoms with Gasteiger partial charge in [-0.1, -0.05) is 31.2 Å². The van der Waals surface area contributed by atoms with Gasteiger partial charge in [0.15, 0.2) is 5.92 Å². The first-order valence-corrected chi connectivity index (χ1v) is 8.14. The average molecular weight is 336 g/mol. The summed E-state index contributed by atoms with van der Waals surface area (Å²) in [5.41, 5.74) is 1.79. The van der Waals surface area contributed by atoms with E-state index in [4.69, 9.17) is 9.47 Å². The summed E-state index contributed by atoms with van der Waals surface area (Å²) in [6.07, 6.45) is 0.831. The molecule has 0 bridgehead atoms. The number of rotatable bonds is 9. The molecule has 24 heavy (non-hydrogen) atoms. The van der Waals surface area contributed by atoms with Crippen LogP contribution in [0.25, 0.3) is 0 Å². The Hall–Kier alpha value is -2.17. The highest BCUT2D eigenvalue weighted by Crippen LogP contribution is 2.24. The van der Waals surface area contributed by atoms with Gasteiger partial charge >= 0.3 is 11.9 Å². The second-order valence-electron chi connectivity index (χ2n) is 5.65. The Morgan fingerprint density at radius 2 is 1.58 bits per heavy atom. The highest BCUT2D eigenvalue weighted by molar-refractivity contribution is 5.94. The summed E-state index contributed by atoms with van der Waals surface area (Å²) < 4.78 is 22.9. The van der Waals surface area contributed by atoms with E-state index in [1.54, 1.807) is 26.0 Å². The quantitative estimate of drug-likeness (QED) is 0.392. The van der Waals surface area contributed by atoms with Gasteiger partial charge in [-0.15, -0.1) is 0 Å². The summed E-state index contributed by atoms with van der Waals surface area (Å²) in [5, 5.41) is 0. The molecule has 5 heteroatoms. The van der Waals surface area contributed by atoms with Crippen LogP contribution in [0.4, 0.5) is 4.39 Å². The molecule has 0 fully saturated rings. The fourth-order valence-electron chi connectivity index (χ4n) is 2.33. The van der Waals surface area contributed by atoms with Crippen molar-refractivity contribution >= 4 is 11.9 Å². The zero-order valence-electron chi connectivity index (χ0n) is 14.5. The van der Waals surface area contributed by atoms with Crippen LogP contribution in [0.1, 0.15) is 32.8 Å². The minimum absolute atomic E-state index is 0.0890. The van der Waals surface area contributed by atoms with Gasteiger partial charge in [0.2, 0.25) is 0 Å². The molecule has 0 amide bonds.